The molecule has 2 saturated carbocycles. The van der Waals surface area contributed by atoms with Gasteiger partial charge in [0, 0.05) is 0 Å². The Balaban J connectivity index is 0. The van der Waals surface area contributed by atoms with E-state index in [4.69, 9.17) is 11.6 Å². The Bertz CT molecular complexity index is 241. The Hall–Kier alpha value is -0.0000000000000000416. The summed E-state index contributed by atoms with van der Waals surface area (Å²) in [4.78, 5) is 0. The summed E-state index contributed by atoms with van der Waals surface area (Å²) < 4.78 is 38.8. The van der Waals surface area contributed by atoms with Crippen molar-refractivity contribution in [2.45, 2.75) is 77.3 Å². The minimum Gasteiger partial charge on any atom is -0.412 e. The Morgan fingerprint density at radius 2 is 0.864 bits per heavy atom. The summed E-state index contributed by atoms with van der Waals surface area (Å²) in [5.41, 5.74) is 0. The van der Waals surface area contributed by atoms with Crippen LogP contribution in [0, 0.1) is 23.7 Å². The van der Waals surface area contributed by atoms with Crippen molar-refractivity contribution in [3.05, 3.63) is 0 Å². The molecule has 4 N–H and O–H groups in total. The molecule has 0 aromatic rings. The molecule has 0 radical (unpaired) electrons. The maximum atomic E-state index is 13.1. The second-order valence-electron chi connectivity index (χ2n) is 6.84. The predicted octanol–water partition coefficient (Wildman–Crippen LogP) is 4.08. The van der Waals surface area contributed by atoms with Crippen LogP contribution >= 0.6 is 11.6 Å². The van der Waals surface area contributed by atoms with E-state index in [-0.39, 0.29) is 34.1 Å². The molecule has 0 spiro atoms. The van der Waals surface area contributed by atoms with E-state index in [2.05, 4.69) is 0 Å². The van der Waals surface area contributed by atoms with Gasteiger partial charge >= 0.3 is 0 Å². The highest BCUT2D eigenvalue weighted by molar-refractivity contribution is 6.21. The Morgan fingerprint density at radius 3 is 1.18 bits per heavy atom. The van der Waals surface area contributed by atoms with Crippen molar-refractivity contribution in [2.24, 2.45) is 23.7 Å². The van der Waals surface area contributed by atoms with Gasteiger partial charge in [-0.2, -0.15) is 0 Å². The zero-order chi connectivity index (χ0) is 15.4. The first kappa shape index (κ1) is 24.3. The van der Waals surface area contributed by atoms with Crippen LogP contribution in [0.2, 0.25) is 0 Å². The summed E-state index contributed by atoms with van der Waals surface area (Å²) in [6.07, 6.45) is 0.519. The first-order valence-electron chi connectivity index (χ1n) is 7.82. The lowest BCUT2D eigenvalue weighted by atomic mass is 9.81. The van der Waals surface area contributed by atoms with Crippen molar-refractivity contribution >= 4 is 11.6 Å². The zero-order valence-electron chi connectivity index (χ0n) is 14.0. The molecule has 0 saturated heterocycles. The molecule has 8 unspecified atom stereocenters. The van der Waals surface area contributed by atoms with Crippen molar-refractivity contribution in [3.8, 4) is 0 Å². The number of hydrogen-bond acceptors (Lipinski definition) is 0. The highest BCUT2D eigenvalue weighted by Gasteiger charge is 2.35. The summed E-state index contributed by atoms with van der Waals surface area (Å²) in [7, 11) is 0. The summed E-state index contributed by atoms with van der Waals surface area (Å²) in [5, 5.41) is -0.247. The first-order chi connectivity index (χ1) is 9.25. The predicted molar refractivity (Wildman–Crippen MR) is 86.7 cm³/mol. The fourth-order valence-electron chi connectivity index (χ4n) is 2.94. The van der Waals surface area contributed by atoms with E-state index in [9.17, 15) is 13.2 Å². The number of rotatable bonds is 0. The molecule has 2 rings (SSSR count). The molecule has 0 aromatic heterocycles. The van der Waals surface area contributed by atoms with Crippen molar-refractivity contribution in [3.63, 3.8) is 0 Å². The van der Waals surface area contributed by atoms with Gasteiger partial charge < -0.3 is 11.0 Å². The second-order valence-corrected chi connectivity index (χ2v) is 7.35. The molecule has 0 aromatic carbocycles. The lowest BCUT2D eigenvalue weighted by molar-refractivity contribution is 0.0367. The summed E-state index contributed by atoms with van der Waals surface area (Å²) >= 11 is 5.84. The van der Waals surface area contributed by atoms with Gasteiger partial charge in [-0.05, 0) is 49.4 Å². The third-order valence-corrected chi connectivity index (χ3v) is 5.61. The highest BCUT2D eigenvalue weighted by atomic mass is 35.5. The van der Waals surface area contributed by atoms with Gasteiger partial charge in [0.15, 0.2) is 0 Å². The summed E-state index contributed by atoms with van der Waals surface area (Å²) in [6.45, 7) is 7.52. The molecule has 0 bridgehead atoms. The summed E-state index contributed by atoms with van der Waals surface area (Å²) in [6, 6.07) is 0. The maximum Gasteiger partial charge on any atom is 0.134 e. The zero-order valence-corrected chi connectivity index (χ0v) is 14.7. The van der Waals surface area contributed by atoms with Crippen LogP contribution in [0.4, 0.5) is 13.2 Å². The van der Waals surface area contributed by atoms with Crippen molar-refractivity contribution in [1.82, 2.24) is 0 Å². The molecular formula is C16H32ClF3O2. The first-order valence-corrected chi connectivity index (χ1v) is 8.25. The van der Waals surface area contributed by atoms with Crippen molar-refractivity contribution in [2.75, 3.05) is 0 Å². The molecule has 136 valence electrons. The van der Waals surface area contributed by atoms with Gasteiger partial charge in [-0.3, -0.25) is 0 Å². The third kappa shape index (κ3) is 6.25. The largest absolute Gasteiger partial charge is 0.412 e. The molecule has 6 heteroatoms. The smallest absolute Gasteiger partial charge is 0.134 e. The fourth-order valence-corrected chi connectivity index (χ4v) is 3.32. The van der Waals surface area contributed by atoms with Crippen LogP contribution in [-0.2, 0) is 0 Å². The van der Waals surface area contributed by atoms with E-state index < -0.39 is 18.5 Å². The molecule has 0 amide bonds. The lowest BCUT2D eigenvalue weighted by Crippen LogP contribution is -2.35. The SMILES string of the molecule is CC1CCC(C)C(Cl)C1F.CC1CCC(C)C(F)C1F.O.O. The van der Waals surface area contributed by atoms with Crippen LogP contribution in [0.1, 0.15) is 53.4 Å². The molecule has 8 atom stereocenters. The fraction of sp³-hybridized carbons (Fsp3) is 1.00. The van der Waals surface area contributed by atoms with Crippen LogP contribution in [0.25, 0.3) is 0 Å². The van der Waals surface area contributed by atoms with Gasteiger partial charge in [0.05, 0.1) is 5.38 Å². The topological polar surface area (TPSA) is 63.0 Å². The van der Waals surface area contributed by atoms with Gasteiger partial charge in [0.25, 0.3) is 0 Å². The Kier molecular flexibility index (Phi) is 11.8. The lowest BCUT2D eigenvalue weighted by Gasteiger charge is -2.31. The highest BCUT2D eigenvalue weighted by Crippen LogP contribution is 2.34. The average Bonchev–Trinajstić information content (AvgIpc) is 2.43. The van der Waals surface area contributed by atoms with Gasteiger partial charge in [-0.15, -0.1) is 11.6 Å². The van der Waals surface area contributed by atoms with Crippen LogP contribution in [0.5, 0.6) is 0 Å². The molecule has 2 nitrogen and oxygen atoms in total. The maximum absolute atomic E-state index is 13.1. The van der Waals surface area contributed by atoms with E-state index in [0.29, 0.717) is 5.92 Å². The van der Waals surface area contributed by atoms with E-state index in [1.165, 1.54) is 0 Å². The normalized spacial score (nSPS) is 44.7. The summed E-state index contributed by atoms with van der Waals surface area (Å²) in [5.74, 6) is 0.365. The van der Waals surface area contributed by atoms with E-state index >= 15 is 0 Å². The molecule has 0 aliphatic heterocycles. The van der Waals surface area contributed by atoms with E-state index in [1.807, 2.05) is 13.8 Å². The monoisotopic (exact) mass is 348 g/mol. The Labute approximate surface area is 137 Å². The molecule has 0 heterocycles. The standard InChI is InChI=1S/C8H14ClF.C8H14F2.2H2O/c2*1-5-3-4-6(2)8(10)7(5)9;;/h2*5-8H,3-4H2,1-2H3;2*1H2. The van der Waals surface area contributed by atoms with Gasteiger partial charge in [0.1, 0.15) is 18.5 Å². The van der Waals surface area contributed by atoms with Crippen LogP contribution in [0.15, 0.2) is 0 Å². The molecule has 2 fully saturated rings. The van der Waals surface area contributed by atoms with Crippen molar-refractivity contribution < 1.29 is 24.1 Å². The van der Waals surface area contributed by atoms with Gasteiger partial charge in [-0.25, -0.2) is 13.2 Å². The van der Waals surface area contributed by atoms with Gasteiger partial charge in [-0.1, -0.05) is 27.7 Å². The van der Waals surface area contributed by atoms with Crippen LogP contribution < -0.4 is 0 Å². The molecular weight excluding hydrogens is 317 g/mol. The quantitative estimate of drug-likeness (QED) is 0.592. The third-order valence-electron chi connectivity index (χ3n) is 4.94. The van der Waals surface area contributed by atoms with Crippen molar-refractivity contribution in [1.29, 1.82) is 0 Å². The molecule has 2 aliphatic rings. The molecule has 22 heavy (non-hydrogen) atoms. The number of halogens is 4. The minimum absolute atomic E-state index is 0. The number of alkyl halides is 4. The second kappa shape index (κ2) is 10.7. The minimum atomic E-state index is -1.22. The van der Waals surface area contributed by atoms with Crippen LogP contribution in [0.3, 0.4) is 0 Å². The Morgan fingerprint density at radius 1 is 0.591 bits per heavy atom. The van der Waals surface area contributed by atoms with E-state index in [1.54, 1.807) is 13.8 Å². The van der Waals surface area contributed by atoms with E-state index in [0.717, 1.165) is 25.7 Å². The van der Waals surface area contributed by atoms with Gasteiger partial charge in [0.2, 0.25) is 0 Å². The average molecular weight is 349 g/mol. The van der Waals surface area contributed by atoms with Crippen LogP contribution in [-0.4, -0.2) is 34.8 Å². The molecule has 2 aliphatic carbocycles. The number of hydrogen-bond donors (Lipinski definition) is 0.